The molecule has 8 rings (SSSR count). The highest BCUT2D eigenvalue weighted by Crippen LogP contribution is 2.31. The number of fused-ring (bicyclic) bond motifs is 3. The quantitative estimate of drug-likeness (QED) is 0.150. The van der Waals surface area contributed by atoms with Gasteiger partial charge in [-0.25, -0.2) is 4.98 Å². The van der Waals surface area contributed by atoms with Crippen molar-refractivity contribution in [1.82, 2.24) is 9.55 Å². The van der Waals surface area contributed by atoms with Gasteiger partial charge in [0.15, 0.2) is 8.07 Å². The molecule has 0 aliphatic carbocycles. The van der Waals surface area contributed by atoms with Crippen LogP contribution in [0.15, 0.2) is 182 Å². The fourth-order valence-corrected chi connectivity index (χ4v) is 11.7. The van der Waals surface area contributed by atoms with Gasteiger partial charge in [0.1, 0.15) is 5.65 Å². The topological polar surface area (TPSA) is 17.8 Å². The number of para-hydroxylation sites is 1. The van der Waals surface area contributed by atoms with E-state index in [2.05, 4.69) is 174 Å². The third-order valence-corrected chi connectivity index (χ3v) is 13.6. The third-order valence-electron chi connectivity index (χ3n) is 8.81. The van der Waals surface area contributed by atoms with E-state index in [1.165, 1.54) is 48.2 Å². The van der Waals surface area contributed by atoms with Crippen LogP contribution in [0.4, 0.5) is 0 Å². The lowest BCUT2D eigenvalue weighted by Gasteiger charge is -2.34. The van der Waals surface area contributed by atoms with E-state index >= 15 is 0 Å². The number of nitrogens with zero attached hydrogens (tertiary/aromatic N) is 2. The van der Waals surface area contributed by atoms with Crippen LogP contribution in [0.1, 0.15) is 0 Å². The van der Waals surface area contributed by atoms with Crippen LogP contribution < -0.4 is 20.7 Å². The molecule has 0 aliphatic heterocycles. The van der Waals surface area contributed by atoms with Crippen LogP contribution in [-0.2, 0) is 0 Å². The Morgan fingerprint density at radius 1 is 0.409 bits per heavy atom. The summed E-state index contributed by atoms with van der Waals surface area (Å²) in [6.45, 7) is 0. The van der Waals surface area contributed by atoms with E-state index in [-0.39, 0.29) is 0 Å². The molecule has 8 aromatic rings. The van der Waals surface area contributed by atoms with Gasteiger partial charge in [-0.3, -0.25) is 4.57 Å². The predicted molar refractivity (Wildman–Crippen MR) is 188 cm³/mol. The largest absolute Gasteiger partial charge is 0.294 e. The first kappa shape index (κ1) is 26.1. The summed E-state index contributed by atoms with van der Waals surface area (Å²) in [5.41, 5.74) is 5.67. The molecule has 0 bridgehead atoms. The Morgan fingerprint density at radius 3 is 1.59 bits per heavy atom. The molecule has 0 amide bonds. The molecule has 3 heteroatoms. The Bertz CT molecular complexity index is 2050. The number of hydrogen-bond acceptors (Lipinski definition) is 1. The van der Waals surface area contributed by atoms with Gasteiger partial charge in [-0.05, 0) is 62.2 Å². The fraction of sp³-hybridized carbons (Fsp3) is 0. The van der Waals surface area contributed by atoms with Crippen molar-refractivity contribution in [1.29, 1.82) is 0 Å². The van der Waals surface area contributed by atoms with E-state index in [1.54, 1.807) is 0 Å². The summed E-state index contributed by atoms with van der Waals surface area (Å²) < 4.78 is 2.27. The van der Waals surface area contributed by atoms with E-state index in [9.17, 15) is 0 Å². The second kappa shape index (κ2) is 11.0. The maximum Gasteiger partial charge on any atom is 0.179 e. The minimum Gasteiger partial charge on any atom is -0.294 e. The monoisotopic (exact) mass is 578 g/mol. The third kappa shape index (κ3) is 4.21. The first-order valence-electron chi connectivity index (χ1n) is 15.1. The molecule has 2 aromatic heterocycles. The minimum atomic E-state index is -2.59. The van der Waals surface area contributed by atoms with Crippen LogP contribution >= 0.6 is 0 Å². The van der Waals surface area contributed by atoms with Gasteiger partial charge in [0, 0.05) is 22.7 Å². The molecule has 44 heavy (non-hydrogen) atoms. The second-order valence-corrected chi connectivity index (χ2v) is 15.0. The van der Waals surface area contributed by atoms with Crippen LogP contribution in [0.5, 0.6) is 0 Å². The van der Waals surface area contributed by atoms with E-state index < -0.39 is 8.07 Å². The van der Waals surface area contributed by atoms with E-state index in [0.29, 0.717) is 0 Å². The van der Waals surface area contributed by atoms with Gasteiger partial charge >= 0.3 is 0 Å². The lowest BCUT2D eigenvalue weighted by atomic mass is 10.1. The van der Waals surface area contributed by atoms with Crippen LogP contribution in [0.3, 0.4) is 0 Å². The molecule has 2 nitrogen and oxygen atoms in total. The summed E-state index contributed by atoms with van der Waals surface area (Å²) in [5.74, 6) is 0. The molecule has 0 spiro atoms. The Morgan fingerprint density at radius 2 is 0.955 bits per heavy atom. The summed E-state index contributed by atoms with van der Waals surface area (Å²) in [4.78, 5) is 4.77. The SMILES string of the molecule is c1ccc([Si](c2ccccc2)(c2ccccc2)c2cccc(-c3ccc(-n4c5ccccc5c5cccnc54)cc3)c2)cc1. The molecule has 0 unspecified atom stereocenters. The predicted octanol–water partition coefficient (Wildman–Crippen LogP) is 7.22. The number of rotatable bonds is 6. The number of aromatic nitrogens is 2. The summed E-state index contributed by atoms with van der Waals surface area (Å²) in [5, 5.41) is 7.89. The molecule has 0 atom stereocenters. The Hall–Kier alpha value is -5.51. The van der Waals surface area contributed by atoms with Crippen molar-refractivity contribution in [3.05, 3.63) is 182 Å². The minimum absolute atomic E-state index is 0.979. The Kier molecular flexibility index (Phi) is 6.51. The molecule has 0 fully saturated rings. The van der Waals surface area contributed by atoms with Crippen molar-refractivity contribution in [3.8, 4) is 16.8 Å². The fourth-order valence-electron chi connectivity index (χ4n) is 6.86. The van der Waals surface area contributed by atoms with E-state index in [1.807, 2.05) is 12.3 Å². The van der Waals surface area contributed by atoms with Gasteiger partial charge in [-0.15, -0.1) is 0 Å². The molecule has 208 valence electrons. The Balaban J connectivity index is 1.29. The maximum absolute atomic E-state index is 4.77. The van der Waals surface area contributed by atoms with Gasteiger partial charge in [-0.1, -0.05) is 146 Å². The summed E-state index contributed by atoms with van der Waals surface area (Å²) in [6, 6.07) is 64.1. The molecule has 6 aromatic carbocycles. The highest BCUT2D eigenvalue weighted by molar-refractivity contribution is 7.19. The maximum atomic E-state index is 4.77. The van der Waals surface area contributed by atoms with Crippen LogP contribution in [-0.4, -0.2) is 17.6 Å². The second-order valence-electron chi connectivity index (χ2n) is 11.2. The standard InChI is InChI=1S/C41H30N2Si/c1-4-15-34(16-5-1)44(35-17-6-2-7-18-35,36-19-8-3-9-20-36)37-21-12-14-32(30-37)31-25-27-33(28-26-31)43-40-24-11-10-22-38(40)39-23-13-29-42-41(39)43/h1-30H. The molecule has 0 N–H and O–H groups in total. The molecule has 0 radical (unpaired) electrons. The van der Waals surface area contributed by atoms with Gasteiger partial charge in [0.25, 0.3) is 0 Å². The molecule has 2 heterocycles. The van der Waals surface area contributed by atoms with Crippen LogP contribution in [0.2, 0.25) is 0 Å². The van der Waals surface area contributed by atoms with E-state index in [0.717, 1.165) is 11.3 Å². The zero-order valence-corrected chi connectivity index (χ0v) is 25.2. The molecule has 0 aliphatic rings. The number of pyridine rings is 1. The summed E-state index contributed by atoms with van der Waals surface area (Å²) in [7, 11) is -2.59. The zero-order valence-electron chi connectivity index (χ0n) is 24.2. The van der Waals surface area contributed by atoms with Crippen LogP contribution in [0.25, 0.3) is 38.8 Å². The summed E-state index contributed by atoms with van der Waals surface area (Å²) >= 11 is 0. The average Bonchev–Trinajstić information content (AvgIpc) is 3.45. The van der Waals surface area contributed by atoms with Gasteiger partial charge in [-0.2, -0.15) is 0 Å². The average molecular weight is 579 g/mol. The van der Waals surface area contributed by atoms with Gasteiger partial charge < -0.3 is 0 Å². The first-order valence-corrected chi connectivity index (χ1v) is 17.1. The van der Waals surface area contributed by atoms with Crippen LogP contribution in [0, 0.1) is 0 Å². The lowest BCUT2D eigenvalue weighted by molar-refractivity contribution is 1.14. The highest BCUT2D eigenvalue weighted by atomic mass is 28.3. The normalized spacial score (nSPS) is 11.6. The van der Waals surface area contributed by atoms with Crippen molar-refractivity contribution >= 4 is 50.8 Å². The first-order chi connectivity index (χ1) is 21.8. The zero-order chi connectivity index (χ0) is 29.3. The van der Waals surface area contributed by atoms with Crippen molar-refractivity contribution in [2.24, 2.45) is 0 Å². The molecule has 0 saturated carbocycles. The van der Waals surface area contributed by atoms with Crippen molar-refractivity contribution in [2.75, 3.05) is 0 Å². The van der Waals surface area contributed by atoms with Crippen molar-refractivity contribution in [3.63, 3.8) is 0 Å². The van der Waals surface area contributed by atoms with Gasteiger partial charge in [0.05, 0.1) is 5.52 Å². The molecular formula is C41H30N2Si. The van der Waals surface area contributed by atoms with Gasteiger partial charge in [0.2, 0.25) is 0 Å². The highest BCUT2D eigenvalue weighted by Gasteiger charge is 2.41. The molecule has 0 saturated heterocycles. The Labute approximate surface area is 258 Å². The van der Waals surface area contributed by atoms with Crippen molar-refractivity contribution in [2.45, 2.75) is 0 Å². The molecular weight excluding hydrogens is 549 g/mol. The summed E-state index contributed by atoms with van der Waals surface area (Å²) in [6.07, 6.45) is 1.87. The van der Waals surface area contributed by atoms with E-state index in [4.69, 9.17) is 4.98 Å². The number of hydrogen-bond donors (Lipinski definition) is 0. The lowest BCUT2D eigenvalue weighted by Crippen LogP contribution is -2.74. The number of benzene rings is 6. The van der Waals surface area contributed by atoms with Crippen molar-refractivity contribution < 1.29 is 0 Å². The smallest absolute Gasteiger partial charge is 0.179 e.